The van der Waals surface area contributed by atoms with Crippen LogP contribution in [0, 0.1) is 11.3 Å². The lowest BCUT2D eigenvalue weighted by Gasteiger charge is -2.10. The zero-order valence-corrected chi connectivity index (χ0v) is 13.3. The van der Waals surface area contributed by atoms with Gasteiger partial charge in [-0.3, -0.25) is 9.59 Å². The molecule has 0 heterocycles. The van der Waals surface area contributed by atoms with Gasteiger partial charge in [-0.1, -0.05) is 42.5 Å². The van der Waals surface area contributed by atoms with E-state index in [1.165, 1.54) is 6.07 Å². The molecule has 0 radical (unpaired) electrons. The highest BCUT2D eigenvalue weighted by atomic mass is 16.1. The fraction of sp³-hybridized carbons (Fsp3) is 0. The first-order valence-corrected chi connectivity index (χ1v) is 7.67. The SMILES string of the molecule is N#Cc1cccc(C(=O)Nc2cc(-c3ccccc3)ccc2C=O)c1. The summed E-state index contributed by atoms with van der Waals surface area (Å²) in [5, 5.41) is 11.7. The third-order valence-corrected chi connectivity index (χ3v) is 3.79. The van der Waals surface area contributed by atoms with Crippen LogP contribution in [0.3, 0.4) is 0 Å². The minimum Gasteiger partial charge on any atom is -0.321 e. The first-order chi connectivity index (χ1) is 12.2. The van der Waals surface area contributed by atoms with E-state index in [4.69, 9.17) is 5.26 Å². The summed E-state index contributed by atoms with van der Waals surface area (Å²) in [6.45, 7) is 0. The molecule has 0 saturated heterocycles. The van der Waals surface area contributed by atoms with E-state index >= 15 is 0 Å². The van der Waals surface area contributed by atoms with E-state index in [0.717, 1.165) is 11.1 Å². The highest BCUT2D eigenvalue weighted by Gasteiger charge is 2.11. The summed E-state index contributed by atoms with van der Waals surface area (Å²) >= 11 is 0. The summed E-state index contributed by atoms with van der Waals surface area (Å²) in [5.74, 6) is -0.370. The number of hydrogen-bond donors (Lipinski definition) is 1. The molecule has 0 saturated carbocycles. The maximum Gasteiger partial charge on any atom is 0.255 e. The fourth-order valence-corrected chi connectivity index (χ4v) is 2.50. The Morgan fingerprint density at radius 1 is 0.920 bits per heavy atom. The predicted molar refractivity (Wildman–Crippen MR) is 96.4 cm³/mol. The number of nitrogens with one attached hydrogen (secondary N) is 1. The highest BCUT2D eigenvalue weighted by molar-refractivity contribution is 6.07. The summed E-state index contributed by atoms with van der Waals surface area (Å²) in [6.07, 6.45) is 0.704. The van der Waals surface area contributed by atoms with Gasteiger partial charge in [0.05, 0.1) is 17.3 Å². The molecule has 25 heavy (non-hydrogen) atoms. The van der Waals surface area contributed by atoms with Crippen LogP contribution in [0.1, 0.15) is 26.3 Å². The van der Waals surface area contributed by atoms with Crippen LogP contribution in [-0.2, 0) is 0 Å². The molecule has 3 aromatic rings. The molecule has 0 atom stereocenters. The van der Waals surface area contributed by atoms with Gasteiger partial charge in [-0.15, -0.1) is 0 Å². The number of carbonyl (C=O) groups excluding carboxylic acids is 2. The molecule has 0 bridgehead atoms. The highest BCUT2D eigenvalue weighted by Crippen LogP contribution is 2.25. The Hall–Kier alpha value is -3.71. The maximum atomic E-state index is 12.5. The summed E-state index contributed by atoms with van der Waals surface area (Å²) in [4.78, 5) is 23.8. The fourth-order valence-electron chi connectivity index (χ4n) is 2.50. The molecule has 0 spiro atoms. The topological polar surface area (TPSA) is 70.0 Å². The minimum atomic E-state index is -0.370. The lowest BCUT2D eigenvalue weighted by atomic mass is 10.0. The first-order valence-electron chi connectivity index (χ1n) is 7.67. The molecule has 0 aliphatic heterocycles. The van der Waals surface area contributed by atoms with Gasteiger partial charge in [-0.2, -0.15) is 5.26 Å². The molecule has 0 aliphatic carbocycles. The molecule has 0 aliphatic rings. The molecule has 0 unspecified atom stereocenters. The van der Waals surface area contributed by atoms with E-state index in [9.17, 15) is 9.59 Å². The molecule has 0 aromatic heterocycles. The van der Waals surface area contributed by atoms with Gasteiger partial charge in [-0.05, 0) is 41.5 Å². The van der Waals surface area contributed by atoms with Gasteiger partial charge in [0.25, 0.3) is 5.91 Å². The van der Waals surface area contributed by atoms with Crippen molar-refractivity contribution in [3.05, 3.63) is 89.5 Å². The van der Waals surface area contributed by atoms with Crippen LogP contribution in [0.2, 0.25) is 0 Å². The number of nitrogens with zero attached hydrogens (tertiary/aromatic N) is 1. The molecular formula is C21H14N2O2. The Balaban J connectivity index is 1.94. The number of aldehydes is 1. The maximum absolute atomic E-state index is 12.5. The van der Waals surface area contributed by atoms with Crippen molar-refractivity contribution in [2.24, 2.45) is 0 Å². The van der Waals surface area contributed by atoms with Crippen LogP contribution in [0.4, 0.5) is 5.69 Å². The van der Waals surface area contributed by atoms with E-state index in [1.54, 1.807) is 30.3 Å². The second-order valence-electron chi connectivity index (χ2n) is 5.43. The summed E-state index contributed by atoms with van der Waals surface area (Å²) < 4.78 is 0. The number of anilines is 1. The Bertz CT molecular complexity index is 973. The third kappa shape index (κ3) is 3.62. The molecule has 120 valence electrons. The van der Waals surface area contributed by atoms with Crippen molar-refractivity contribution in [3.8, 4) is 17.2 Å². The van der Waals surface area contributed by atoms with E-state index in [-0.39, 0.29) is 5.91 Å². The minimum absolute atomic E-state index is 0.362. The van der Waals surface area contributed by atoms with Crippen molar-refractivity contribution in [3.63, 3.8) is 0 Å². The summed E-state index contributed by atoms with van der Waals surface area (Å²) in [5.41, 5.74) is 3.48. The van der Waals surface area contributed by atoms with Crippen molar-refractivity contribution in [1.82, 2.24) is 0 Å². The molecule has 1 N–H and O–H groups in total. The van der Waals surface area contributed by atoms with Crippen molar-refractivity contribution < 1.29 is 9.59 Å². The first kappa shape index (κ1) is 16.2. The van der Waals surface area contributed by atoms with Gasteiger partial charge in [0, 0.05) is 11.1 Å². The molecular weight excluding hydrogens is 312 g/mol. The van der Waals surface area contributed by atoms with E-state index in [0.29, 0.717) is 28.7 Å². The largest absolute Gasteiger partial charge is 0.321 e. The second-order valence-corrected chi connectivity index (χ2v) is 5.43. The number of nitriles is 1. The van der Waals surface area contributed by atoms with Gasteiger partial charge in [0.1, 0.15) is 0 Å². The Kier molecular flexibility index (Phi) is 4.68. The summed E-state index contributed by atoms with van der Waals surface area (Å²) in [7, 11) is 0. The van der Waals surface area contributed by atoms with E-state index in [2.05, 4.69) is 5.32 Å². The van der Waals surface area contributed by atoms with Crippen LogP contribution in [0.5, 0.6) is 0 Å². The van der Waals surface area contributed by atoms with E-state index in [1.807, 2.05) is 42.5 Å². The number of amides is 1. The standard InChI is InChI=1S/C21H14N2O2/c22-13-15-5-4-8-18(11-15)21(25)23-20-12-17(9-10-19(20)14-24)16-6-2-1-3-7-16/h1-12,14H,(H,23,25). The van der Waals surface area contributed by atoms with E-state index < -0.39 is 0 Å². The molecule has 3 aromatic carbocycles. The monoisotopic (exact) mass is 326 g/mol. The normalized spacial score (nSPS) is 9.88. The lowest BCUT2D eigenvalue weighted by molar-refractivity contribution is 0.102. The van der Waals surface area contributed by atoms with Crippen molar-refractivity contribution in [2.75, 3.05) is 5.32 Å². The van der Waals surface area contributed by atoms with Crippen LogP contribution < -0.4 is 5.32 Å². The number of rotatable bonds is 4. The molecule has 0 fully saturated rings. The quantitative estimate of drug-likeness (QED) is 0.727. The van der Waals surface area contributed by atoms with Gasteiger partial charge in [0.15, 0.2) is 6.29 Å². The molecule has 1 amide bonds. The average Bonchev–Trinajstić information content (AvgIpc) is 2.68. The second kappa shape index (κ2) is 7.24. The van der Waals surface area contributed by atoms with Gasteiger partial charge >= 0.3 is 0 Å². The zero-order chi connectivity index (χ0) is 17.6. The van der Waals surface area contributed by atoms with Crippen LogP contribution in [-0.4, -0.2) is 12.2 Å². The number of hydrogen-bond acceptors (Lipinski definition) is 3. The van der Waals surface area contributed by atoms with Crippen molar-refractivity contribution >= 4 is 17.9 Å². The Labute approximate surface area is 145 Å². The van der Waals surface area contributed by atoms with Gasteiger partial charge < -0.3 is 5.32 Å². The average molecular weight is 326 g/mol. The molecule has 4 heteroatoms. The summed E-state index contributed by atoms with van der Waals surface area (Å²) in [6, 6.07) is 23.4. The van der Waals surface area contributed by atoms with Crippen LogP contribution in [0.25, 0.3) is 11.1 Å². The Morgan fingerprint density at radius 3 is 2.44 bits per heavy atom. The molecule has 4 nitrogen and oxygen atoms in total. The van der Waals surface area contributed by atoms with Crippen LogP contribution in [0.15, 0.2) is 72.8 Å². The zero-order valence-electron chi connectivity index (χ0n) is 13.3. The van der Waals surface area contributed by atoms with Gasteiger partial charge in [0.2, 0.25) is 0 Å². The smallest absolute Gasteiger partial charge is 0.255 e. The van der Waals surface area contributed by atoms with Crippen molar-refractivity contribution in [1.29, 1.82) is 5.26 Å². The predicted octanol–water partition coefficient (Wildman–Crippen LogP) is 4.29. The van der Waals surface area contributed by atoms with Crippen molar-refractivity contribution in [2.45, 2.75) is 0 Å². The molecule has 3 rings (SSSR count). The third-order valence-electron chi connectivity index (χ3n) is 3.79. The van der Waals surface area contributed by atoms with Crippen LogP contribution >= 0.6 is 0 Å². The van der Waals surface area contributed by atoms with Gasteiger partial charge in [-0.25, -0.2) is 0 Å². The number of carbonyl (C=O) groups is 2. The lowest BCUT2D eigenvalue weighted by Crippen LogP contribution is -2.13. The number of benzene rings is 3. The Morgan fingerprint density at radius 2 is 1.72 bits per heavy atom.